The number of nitrogens with zero attached hydrogens (tertiary/aromatic N) is 2. The summed E-state index contributed by atoms with van der Waals surface area (Å²) < 4.78 is 1.98. The molecule has 0 aliphatic heterocycles. The highest BCUT2D eigenvalue weighted by atomic mass is 16.3. The molecule has 0 unspecified atom stereocenters. The second-order valence-electron chi connectivity index (χ2n) is 5.03. The Bertz CT molecular complexity index is 713. The largest absolute Gasteiger partial charge is 0.392 e. The van der Waals surface area contributed by atoms with Crippen molar-refractivity contribution in [2.24, 2.45) is 0 Å². The van der Waals surface area contributed by atoms with E-state index in [1.54, 1.807) is 0 Å². The third-order valence-electron chi connectivity index (χ3n) is 3.50. The molecule has 0 saturated carbocycles. The predicted octanol–water partition coefficient (Wildman–Crippen LogP) is 3.45. The molecule has 0 radical (unpaired) electrons. The van der Waals surface area contributed by atoms with Gasteiger partial charge in [0.05, 0.1) is 12.3 Å². The van der Waals surface area contributed by atoms with Crippen molar-refractivity contribution in [3.63, 3.8) is 0 Å². The first-order chi connectivity index (χ1) is 9.80. The van der Waals surface area contributed by atoms with Crippen LogP contribution in [0.5, 0.6) is 0 Å². The van der Waals surface area contributed by atoms with Gasteiger partial charge < -0.3 is 9.51 Å². The summed E-state index contributed by atoms with van der Waals surface area (Å²) in [6.07, 6.45) is 6.23. The predicted molar refractivity (Wildman–Crippen MR) is 80.5 cm³/mol. The first-order valence-corrected chi connectivity index (χ1v) is 6.98. The molecule has 0 spiro atoms. The van der Waals surface area contributed by atoms with Crippen molar-refractivity contribution in [3.05, 3.63) is 59.9 Å². The van der Waals surface area contributed by atoms with E-state index in [4.69, 9.17) is 5.11 Å². The fourth-order valence-corrected chi connectivity index (χ4v) is 2.39. The minimum Gasteiger partial charge on any atom is -0.392 e. The summed E-state index contributed by atoms with van der Waals surface area (Å²) in [6.45, 7) is 2.24. The summed E-state index contributed by atoms with van der Waals surface area (Å²) in [4.78, 5) is 4.62. The van der Waals surface area contributed by atoms with Crippen molar-refractivity contribution >= 4 is 5.65 Å². The Hall–Kier alpha value is -2.13. The lowest BCUT2D eigenvalue weighted by Crippen LogP contribution is -1.87. The van der Waals surface area contributed by atoms with Gasteiger partial charge in [-0.25, -0.2) is 4.98 Å². The summed E-state index contributed by atoms with van der Waals surface area (Å²) in [5.74, 6) is 0. The summed E-state index contributed by atoms with van der Waals surface area (Å²) in [7, 11) is 0. The molecule has 0 atom stereocenters. The van der Waals surface area contributed by atoms with E-state index in [0.717, 1.165) is 35.3 Å². The van der Waals surface area contributed by atoms with E-state index in [0.29, 0.717) is 0 Å². The monoisotopic (exact) mass is 266 g/mol. The van der Waals surface area contributed by atoms with Gasteiger partial charge in [0.25, 0.3) is 0 Å². The van der Waals surface area contributed by atoms with E-state index in [1.807, 2.05) is 28.9 Å². The Morgan fingerprint density at radius 3 is 2.60 bits per heavy atom. The Morgan fingerprint density at radius 2 is 1.90 bits per heavy atom. The van der Waals surface area contributed by atoms with E-state index >= 15 is 0 Å². The first-order valence-electron chi connectivity index (χ1n) is 6.98. The van der Waals surface area contributed by atoms with Gasteiger partial charge in [-0.15, -0.1) is 0 Å². The molecule has 2 heterocycles. The van der Waals surface area contributed by atoms with Crippen LogP contribution in [0, 0.1) is 0 Å². The first kappa shape index (κ1) is 12.9. The van der Waals surface area contributed by atoms with Gasteiger partial charge >= 0.3 is 0 Å². The van der Waals surface area contributed by atoms with Gasteiger partial charge in [-0.3, -0.25) is 0 Å². The van der Waals surface area contributed by atoms with Crippen LogP contribution in [0.2, 0.25) is 0 Å². The van der Waals surface area contributed by atoms with E-state index in [2.05, 4.69) is 36.2 Å². The smallest absolute Gasteiger partial charge is 0.137 e. The molecule has 1 N–H and O–H groups in total. The van der Waals surface area contributed by atoms with Crippen LogP contribution < -0.4 is 0 Å². The number of aliphatic hydroxyl groups excluding tert-OH is 1. The van der Waals surface area contributed by atoms with E-state index < -0.39 is 0 Å². The minimum absolute atomic E-state index is 0.0460. The number of aromatic nitrogens is 2. The number of aliphatic hydroxyl groups is 1. The fraction of sp³-hybridized carbons (Fsp3) is 0.235. The van der Waals surface area contributed by atoms with Crippen molar-refractivity contribution in [2.75, 3.05) is 0 Å². The topological polar surface area (TPSA) is 37.5 Å². The van der Waals surface area contributed by atoms with Crippen molar-refractivity contribution in [1.82, 2.24) is 9.38 Å². The van der Waals surface area contributed by atoms with Gasteiger partial charge in [-0.1, -0.05) is 37.6 Å². The van der Waals surface area contributed by atoms with Gasteiger partial charge in [-0.2, -0.15) is 0 Å². The summed E-state index contributed by atoms with van der Waals surface area (Å²) >= 11 is 0. The summed E-state index contributed by atoms with van der Waals surface area (Å²) in [5.41, 5.74) is 5.20. The van der Waals surface area contributed by atoms with Crippen molar-refractivity contribution in [3.8, 4) is 11.3 Å². The van der Waals surface area contributed by atoms with Crippen LogP contribution in [0.1, 0.15) is 24.5 Å². The summed E-state index contributed by atoms with van der Waals surface area (Å²) in [5, 5.41) is 9.16. The van der Waals surface area contributed by atoms with Crippen molar-refractivity contribution in [2.45, 2.75) is 26.4 Å². The molecule has 3 aromatic rings. The molecule has 1 aromatic carbocycles. The van der Waals surface area contributed by atoms with Gasteiger partial charge in [0, 0.05) is 18.0 Å². The van der Waals surface area contributed by atoms with E-state index in [9.17, 15) is 0 Å². The summed E-state index contributed by atoms with van der Waals surface area (Å²) in [6, 6.07) is 12.4. The number of pyridine rings is 1. The molecule has 102 valence electrons. The molecular weight excluding hydrogens is 248 g/mol. The average Bonchev–Trinajstić information content (AvgIpc) is 2.91. The molecule has 0 aliphatic rings. The number of benzene rings is 1. The third-order valence-corrected chi connectivity index (χ3v) is 3.50. The SMILES string of the molecule is CCCc1ccc(-c2cn3ccc(CO)cc3n2)cc1. The Morgan fingerprint density at radius 1 is 1.10 bits per heavy atom. The molecule has 3 rings (SSSR count). The van der Waals surface area contributed by atoms with Crippen LogP contribution in [-0.4, -0.2) is 14.5 Å². The zero-order valence-corrected chi connectivity index (χ0v) is 11.6. The highest BCUT2D eigenvalue weighted by Gasteiger charge is 2.05. The lowest BCUT2D eigenvalue weighted by Gasteiger charge is -2.00. The lowest BCUT2D eigenvalue weighted by atomic mass is 10.1. The molecule has 0 fully saturated rings. The standard InChI is InChI=1S/C17H18N2O/c1-2-3-13-4-6-15(7-5-13)16-11-19-9-8-14(12-20)10-17(19)18-16/h4-11,20H,2-3,12H2,1H3. The molecule has 2 aromatic heterocycles. The number of imidazole rings is 1. The molecule has 0 bridgehead atoms. The maximum Gasteiger partial charge on any atom is 0.137 e. The third kappa shape index (κ3) is 2.45. The van der Waals surface area contributed by atoms with Crippen molar-refractivity contribution in [1.29, 1.82) is 0 Å². The number of aryl methyl sites for hydroxylation is 1. The molecule has 0 aliphatic carbocycles. The number of fused-ring (bicyclic) bond motifs is 1. The second kappa shape index (κ2) is 5.47. The van der Waals surface area contributed by atoms with Gasteiger partial charge in [0.15, 0.2) is 0 Å². The lowest BCUT2D eigenvalue weighted by molar-refractivity contribution is 0.282. The molecule has 20 heavy (non-hydrogen) atoms. The van der Waals surface area contributed by atoms with Gasteiger partial charge in [0.2, 0.25) is 0 Å². The Balaban J connectivity index is 1.96. The molecular formula is C17H18N2O. The van der Waals surface area contributed by atoms with Gasteiger partial charge in [0.1, 0.15) is 5.65 Å². The van der Waals surface area contributed by atoms with Crippen LogP contribution in [-0.2, 0) is 13.0 Å². The van der Waals surface area contributed by atoms with E-state index in [1.165, 1.54) is 5.56 Å². The molecule has 0 saturated heterocycles. The zero-order valence-electron chi connectivity index (χ0n) is 11.6. The maximum absolute atomic E-state index is 9.16. The van der Waals surface area contributed by atoms with Crippen LogP contribution in [0.4, 0.5) is 0 Å². The number of hydrogen-bond acceptors (Lipinski definition) is 2. The molecule has 3 heteroatoms. The Labute approximate surface area is 118 Å². The number of rotatable bonds is 4. The quantitative estimate of drug-likeness (QED) is 0.785. The average molecular weight is 266 g/mol. The van der Waals surface area contributed by atoms with Crippen LogP contribution >= 0.6 is 0 Å². The molecule has 0 amide bonds. The highest BCUT2D eigenvalue weighted by molar-refractivity contribution is 5.63. The zero-order chi connectivity index (χ0) is 13.9. The number of hydrogen-bond donors (Lipinski definition) is 1. The van der Waals surface area contributed by atoms with Crippen LogP contribution in [0.3, 0.4) is 0 Å². The van der Waals surface area contributed by atoms with Gasteiger partial charge in [-0.05, 0) is 29.7 Å². The molecule has 3 nitrogen and oxygen atoms in total. The Kier molecular flexibility index (Phi) is 3.52. The maximum atomic E-state index is 9.16. The highest BCUT2D eigenvalue weighted by Crippen LogP contribution is 2.20. The second-order valence-corrected chi connectivity index (χ2v) is 5.03. The van der Waals surface area contributed by atoms with Crippen LogP contribution in [0.25, 0.3) is 16.9 Å². The fourth-order valence-electron chi connectivity index (χ4n) is 2.39. The van der Waals surface area contributed by atoms with Crippen molar-refractivity contribution < 1.29 is 5.11 Å². The minimum atomic E-state index is 0.0460. The van der Waals surface area contributed by atoms with Crippen LogP contribution in [0.15, 0.2) is 48.8 Å². The normalized spacial score (nSPS) is 11.1. The van der Waals surface area contributed by atoms with E-state index in [-0.39, 0.29) is 6.61 Å².